The molecule has 4 N–H and O–H groups in total. The molecule has 0 fully saturated rings. The molecule has 0 amide bonds. The molecule has 1 aromatic heterocycles. The van der Waals surface area contributed by atoms with Crippen molar-refractivity contribution in [2.75, 3.05) is 40.1 Å². The smallest absolute Gasteiger partial charge is 0.435 e. The predicted octanol–water partition coefficient (Wildman–Crippen LogP) is -0.0608. The number of rotatable bonds is 17. The summed E-state index contributed by atoms with van der Waals surface area (Å²) in [5.74, 6) is -1.66. The molecule has 0 aromatic carbocycles. The average molecular weight is 548 g/mol. The van der Waals surface area contributed by atoms with Gasteiger partial charge in [-0.25, -0.2) is 28.5 Å². The Balaban J connectivity index is 2.94. The van der Waals surface area contributed by atoms with Crippen molar-refractivity contribution in [3.8, 4) is 0 Å². The maximum absolute atomic E-state index is 13.8. The molecular weight excluding hydrogens is 518 g/mol. The largest absolute Gasteiger partial charge is 0.510 e. The number of aromatic nitrogens is 2. The van der Waals surface area contributed by atoms with Crippen LogP contribution in [0.25, 0.3) is 0 Å². The molecule has 0 aliphatic rings. The van der Waals surface area contributed by atoms with Gasteiger partial charge in [-0.2, -0.15) is 0 Å². The lowest BCUT2D eigenvalue weighted by atomic mass is 9.87. The maximum Gasteiger partial charge on any atom is 0.510 e. The number of hydrogen-bond acceptors (Lipinski definition) is 14. The quantitative estimate of drug-likeness (QED) is 0.0501. The van der Waals surface area contributed by atoms with Crippen LogP contribution in [0, 0.1) is 5.92 Å². The minimum absolute atomic E-state index is 0.0152. The number of phosphoric ester groups is 1. The zero-order chi connectivity index (χ0) is 27.4. The monoisotopic (exact) mass is 548 g/mol. The highest BCUT2D eigenvalue weighted by Crippen LogP contribution is 2.50. The van der Waals surface area contributed by atoms with Crippen molar-refractivity contribution in [3.63, 3.8) is 0 Å². The van der Waals surface area contributed by atoms with Gasteiger partial charge < -0.3 is 24.8 Å². The van der Waals surface area contributed by atoms with E-state index < -0.39 is 75.9 Å². The van der Waals surface area contributed by atoms with Gasteiger partial charge in [0.1, 0.15) is 5.60 Å². The molecule has 1 unspecified atom stereocenters. The van der Waals surface area contributed by atoms with E-state index >= 15 is 0 Å². The van der Waals surface area contributed by atoms with Crippen molar-refractivity contribution in [1.29, 1.82) is 0 Å². The Hall–Kier alpha value is -2.21. The van der Waals surface area contributed by atoms with E-state index in [-0.39, 0.29) is 13.2 Å². The molecule has 0 saturated carbocycles. The van der Waals surface area contributed by atoms with Crippen LogP contribution >= 0.6 is 7.82 Å². The predicted molar refractivity (Wildman–Crippen MR) is 115 cm³/mol. The van der Waals surface area contributed by atoms with Crippen molar-refractivity contribution in [3.05, 3.63) is 33.1 Å². The van der Waals surface area contributed by atoms with E-state index in [4.69, 9.17) is 13.6 Å². The first-order valence-corrected chi connectivity index (χ1v) is 11.9. The lowest BCUT2D eigenvalue weighted by Gasteiger charge is -2.37. The molecule has 5 atom stereocenters. The van der Waals surface area contributed by atoms with Crippen molar-refractivity contribution in [2.24, 2.45) is 5.92 Å². The molecule has 16 nitrogen and oxygen atoms in total. The number of hydrogen-bond donors (Lipinski definition) is 4. The van der Waals surface area contributed by atoms with Gasteiger partial charge in [-0.3, -0.25) is 27.8 Å². The molecule has 0 saturated heterocycles. The van der Waals surface area contributed by atoms with Crippen LogP contribution < -0.4 is 11.2 Å². The molecule has 0 spiro atoms. The normalized spacial score (nSPS) is 17.4. The maximum atomic E-state index is 13.8. The summed E-state index contributed by atoms with van der Waals surface area (Å²) >= 11 is 0. The first-order chi connectivity index (χ1) is 16.9. The van der Waals surface area contributed by atoms with Crippen LogP contribution in [0.2, 0.25) is 0 Å². The number of ether oxygens (including phenoxy) is 2. The van der Waals surface area contributed by atoms with Crippen LogP contribution in [-0.2, 0) is 37.4 Å². The van der Waals surface area contributed by atoms with Crippen LogP contribution in [0.5, 0.6) is 0 Å². The SMILES string of the molecule is CCOOCOP(=O)(OCOC(=O)OCC)OC[C@H](CF)[C@@H](O)[C@@](C)(O)[C@@H](O)n1ccc(=O)[nH]c1=O. The summed E-state index contributed by atoms with van der Waals surface area (Å²) in [5, 5.41) is 31.6. The Kier molecular flexibility index (Phi) is 13.4. The number of aliphatic hydroxyl groups excluding tert-OH is 2. The van der Waals surface area contributed by atoms with Crippen LogP contribution in [-0.4, -0.2) is 82.8 Å². The van der Waals surface area contributed by atoms with Crippen molar-refractivity contribution >= 4 is 14.0 Å². The van der Waals surface area contributed by atoms with Crippen LogP contribution in [0.15, 0.2) is 21.9 Å². The van der Waals surface area contributed by atoms with E-state index in [1.54, 1.807) is 6.92 Å². The number of nitrogens with one attached hydrogen (secondary N) is 1. The number of H-pyrrole nitrogens is 1. The average Bonchev–Trinajstić information content (AvgIpc) is 2.82. The third kappa shape index (κ3) is 9.68. The lowest BCUT2D eigenvalue weighted by molar-refractivity contribution is -0.322. The Morgan fingerprint density at radius 3 is 2.39 bits per heavy atom. The van der Waals surface area contributed by atoms with Gasteiger partial charge in [-0.05, 0) is 20.8 Å². The topological polar surface area (TPSA) is 214 Å². The molecule has 0 aliphatic carbocycles. The Morgan fingerprint density at radius 2 is 1.81 bits per heavy atom. The number of carbonyl (C=O) groups excluding carboxylic acids is 1. The minimum atomic E-state index is -4.64. The van der Waals surface area contributed by atoms with Gasteiger partial charge in [-0.1, -0.05) is 0 Å². The van der Waals surface area contributed by atoms with E-state index in [0.29, 0.717) is 4.57 Å². The Labute approximate surface area is 203 Å². The van der Waals surface area contributed by atoms with Gasteiger partial charge in [-0.15, -0.1) is 0 Å². The van der Waals surface area contributed by atoms with Gasteiger partial charge >= 0.3 is 19.7 Å². The summed E-state index contributed by atoms with van der Waals surface area (Å²) in [6, 6.07) is 0.871. The molecular formula is C18H30FN2O14P. The second-order valence-electron chi connectivity index (χ2n) is 7.06. The molecule has 208 valence electrons. The molecule has 1 rings (SSSR count). The van der Waals surface area contributed by atoms with Crippen molar-refractivity contribution in [1.82, 2.24) is 9.55 Å². The Morgan fingerprint density at radius 1 is 1.14 bits per heavy atom. The second kappa shape index (κ2) is 15.1. The zero-order valence-electron chi connectivity index (χ0n) is 19.7. The summed E-state index contributed by atoms with van der Waals surface area (Å²) in [6.07, 6.45) is -4.58. The standard InChI is InChI=1S/C18H30FN2O14P/c1-4-29-17(26)30-10-34-36(28,35-11-32-31-5-2)33-9-12(8-19)14(23)18(3,27)15(24)21-7-6-13(22)20-16(21)25/h6-7,12,14-15,23-24,27H,4-5,8-11H2,1-3H3,(H,20,22,25)/t12-,14+,15+,18+,36?/m0/s1. The van der Waals surface area contributed by atoms with Crippen LogP contribution in [0.4, 0.5) is 9.18 Å². The summed E-state index contributed by atoms with van der Waals surface area (Å²) in [4.78, 5) is 45.3. The number of alkyl halides is 1. The summed E-state index contributed by atoms with van der Waals surface area (Å²) in [7, 11) is -4.64. The van der Waals surface area contributed by atoms with E-state index in [2.05, 4.69) is 19.2 Å². The Bertz CT molecular complexity index is 970. The first kappa shape index (κ1) is 31.8. The van der Waals surface area contributed by atoms with E-state index in [0.717, 1.165) is 19.2 Å². The summed E-state index contributed by atoms with van der Waals surface area (Å²) in [6.45, 7) is -0.00538. The van der Waals surface area contributed by atoms with E-state index in [1.807, 2.05) is 4.98 Å². The fraction of sp³-hybridized carbons (Fsp3) is 0.722. The molecule has 0 radical (unpaired) electrons. The number of phosphoric acid groups is 1. The molecule has 0 bridgehead atoms. The van der Waals surface area contributed by atoms with Gasteiger partial charge in [0, 0.05) is 18.2 Å². The zero-order valence-corrected chi connectivity index (χ0v) is 20.6. The fourth-order valence-electron chi connectivity index (χ4n) is 2.55. The van der Waals surface area contributed by atoms with Crippen molar-refractivity contribution < 1.29 is 61.9 Å². The third-order valence-electron chi connectivity index (χ3n) is 4.44. The highest BCUT2D eigenvalue weighted by atomic mass is 31.2. The molecule has 1 aromatic rings. The second-order valence-corrected chi connectivity index (χ2v) is 8.73. The number of aromatic amines is 1. The molecule has 36 heavy (non-hydrogen) atoms. The van der Waals surface area contributed by atoms with Gasteiger partial charge in [0.2, 0.25) is 6.79 Å². The van der Waals surface area contributed by atoms with E-state index in [9.17, 15) is 38.7 Å². The lowest BCUT2D eigenvalue weighted by Crippen LogP contribution is -2.54. The fourth-order valence-corrected chi connectivity index (χ4v) is 3.50. The third-order valence-corrected chi connectivity index (χ3v) is 5.75. The summed E-state index contributed by atoms with van der Waals surface area (Å²) < 4.78 is 50.6. The molecule has 1 heterocycles. The van der Waals surface area contributed by atoms with Gasteiger partial charge in [0.15, 0.2) is 13.0 Å². The first-order valence-electron chi connectivity index (χ1n) is 10.4. The highest BCUT2D eigenvalue weighted by molar-refractivity contribution is 7.48. The number of nitrogens with zero attached hydrogens (tertiary/aromatic N) is 1. The van der Waals surface area contributed by atoms with Crippen molar-refractivity contribution in [2.45, 2.75) is 38.7 Å². The van der Waals surface area contributed by atoms with E-state index in [1.165, 1.54) is 6.92 Å². The van der Waals surface area contributed by atoms with Crippen LogP contribution in [0.3, 0.4) is 0 Å². The van der Waals surface area contributed by atoms with Gasteiger partial charge in [0.25, 0.3) is 5.56 Å². The summed E-state index contributed by atoms with van der Waals surface area (Å²) in [5.41, 5.74) is -4.48. The van der Waals surface area contributed by atoms with Gasteiger partial charge in [0.05, 0.1) is 32.6 Å². The van der Waals surface area contributed by atoms with Crippen LogP contribution in [0.1, 0.15) is 27.0 Å². The number of halogens is 1. The number of aliphatic hydroxyl groups is 3. The highest BCUT2D eigenvalue weighted by Gasteiger charge is 2.45. The minimum Gasteiger partial charge on any atom is -0.435 e. The molecule has 18 heteroatoms. The molecule has 0 aliphatic heterocycles. The number of carbonyl (C=O) groups is 1.